The lowest BCUT2D eigenvalue weighted by Crippen LogP contribution is -2.29. The number of nitrogens with zero attached hydrogens (tertiary/aromatic N) is 2. The van der Waals surface area contributed by atoms with Crippen molar-refractivity contribution in [2.45, 2.75) is 18.8 Å². The summed E-state index contributed by atoms with van der Waals surface area (Å²) in [5, 5.41) is 9.69. The average molecular weight is 250 g/mol. The molecule has 0 fully saturated rings. The van der Waals surface area contributed by atoms with Gasteiger partial charge in [0, 0.05) is 12.6 Å². The molecule has 0 aliphatic heterocycles. The van der Waals surface area contributed by atoms with Crippen LogP contribution in [0, 0.1) is 11.3 Å². The molecule has 3 heteroatoms. The average Bonchev–Trinajstić information content (AvgIpc) is 2.46. The molecule has 1 atom stereocenters. The van der Waals surface area contributed by atoms with Crippen LogP contribution in [-0.4, -0.2) is 10.8 Å². The maximum atomic E-state index is 11.6. The summed E-state index contributed by atoms with van der Waals surface area (Å²) in [5.41, 5.74) is 0.402. The van der Waals surface area contributed by atoms with Crippen LogP contribution >= 0.6 is 0 Å². The first-order valence-corrected chi connectivity index (χ1v) is 6.07. The molecule has 0 N–H and O–H groups in total. The first kappa shape index (κ1) is 13.0. The Morgan fingerprint density at radius 1 is 1.21 bits per heavy atom. The van der Waals surface area contributed by atoms with Gasteiger partial charge in [0.2, 0.25) is 0 Å². The molecule has 2 aromatic rings. The molecule has 19 heavy (non-hydrogen) atoms. The predicted molar refractivity (Wildman–Crippen MR) is 72.4 cm³/mol. The molecule has 1 unspecified atom stereocenters. The normalized spacial score (nSPS) is 13.3. The van der Waals surface area contributed by atoms with Crippen molar-refractivity contribution in [1.82, 2.24) is 4.98 Å². The van der Waals surface area contributed by atoms with Gasteiger partial charge >= 0.3 is 0 Å². The first-order chi connectivity index (χ1) is 9.19. The van der Waals surface area contributed by atoms with Crippen molar-refractivity contribution in [3.05, 3.63) is 66.0 Å². The molecular weight excluding hydrogens is 236 g/mol. The molecule has 0 saturated carbocycles. The molecule has 0 radical (unpaired) electrons. The second-order valence-electron chi connectivity index (χ2n) is 4.48. The lowest BCUT2D eigenvalue weighted by Gasteiger charge is -2.25. The van der Waals surface area contributed by atoms with Gasteiger partial charge in [0.15, 0.2) is 0 Å². The molecule has 0 amide bonds. The highest BCUT2D eigenvalue weighted by Crippen LogP contribution is 2.34. The van der Waals surface area contributed by atoms with Crippen molar-refractivity contribution >= 4 is 5.78 Å². The fourth-order valence-electron chi connectivity index (χ4n) is 2.21. The number of Topliss-reactive ketones (excluding diaryl/α,β-unsaturated/α-hetero) is 1. The van der Waals surface area contributed by atoms with Gasteiger partial charge in [-0.25, -0.2) is 0 Å². The van der Waals surface area contributed by atoms with Gasteiger partial charge in [-0.3, -0.25) is 9.78 Å². The Labute approximate surface area is 112 Å². The van der Waals surface area contributed by atoms with E-state index in [9.17, 15) is 10.1 Å². The van der Waals surface area contributed by atoms with Crippen LogP contribution in [0.2, 0.25) is 0 Å². The van der Waals surface area contributed by atoms with E-state index in [0.717, 1.165) is 5.56 Å². The van der Waals surface area contributed by atoms with E-state index < -0.39 is 5.41 Å². The largest absolute Gasteiger partial charge is 0.300 e. The summed E-state index contributed by atoms with van der Waals surface area (Å²) < 4.78 is 0. The van der Waals surface area contributed by atoms with Gasteiger partial charge in [-0.15, -0.1) is 0 Å². The molecule has 2 rings (SSSR count). The Bertz CT molecular complexity index is 560. The summed E-state index contributed by atoms with van der Waals surface area (Å²) in [6.07, 6.45) is 1.77. The molecule has 94 valence electrons. The minimum Gasteiger partial charge on any atom is -0.300 e. The molecule has 0 bridgehead atoms. The molecule has 3 nitrogen and oxygen atoms in total. The fourth-order valence-corrected chi connectivity index (χ4v) is 2.21. The summed E-state index contributed by atoms with van der Waals surface area (Å²) in [4.78, 5) is 15.9. The molecule has 0 aliphatic carbocycles. The number of hydrogen-bond acceptors (Lipinski definition) is 3. The lowest BCUT2D eigenvalue weighted by molar-refractivity contribution is -0.117. The Balaban J connectivity index is 2.63. The summed E-state index contributed by atoms with van der Waals surface area (Å²) in [6, 6.07) is 17.1. The van der Waals surface area contributed by atoms with Crippen LogP contribution in [0.5, 0.6) is 0 Å². The van der Waals surface area contributed by atoms with E-state index in [1.165, 1.54) is 6.92 Å². The third-order valence-electron chi connectivity index (χ3n) is 3.07. The van der Waals surface area contributed by atoms with Crippen LogP contribution in [-0.2, 0) is 10.2 Å². The number of nitriles is 1. The number of rotatable bonds is 4. The number of hydrogen-bond donors (Lipinski definition) is 0. The minimum atomic E-state index is -1.01. The molecular formula is C16H14N2O. The molecule has 0 saturated heterocycles. The van der Waals surface area contributed by atoms with Crippen LogP contribution in [0.4, 0.5) is 0 Å². The second-order valence-corrected chi connectivity index (χ2v) is 4.48. The van der Waals surface area contributed by atoms with Crippen molar-refractivity contribution in [2.24, 2.45) is 0 Å². The standard InChI is InChI=1S/C16H14N2O/c1-13(19)11-16(12-17,14-7-3-2-4-8-14)15-9-5-6-10-18-15/h2-10H,11H2,1H3. The highest BCUT2D eigenvalue weighted by atomic mass is 16.1. The van der Waals surface area contributed by atoms with Crippen LogP contribution in [0.1, 0.15) is 24.6 Å². The quantitative estimate of drug-likeness (QED) is 0.838. The van der Waals surface area contributed by atoms with E-state index in [-0.39, 0.29) is 12.2 Å². The SMILES string of the molecule is CC(=O)CC(C#N)(c1ccccc1)c1ccccn1. The van der Waals surface area contributed by atoms with Crippen molar-refractivity contribution in [1.29, 1.82) is 5.26 Å². The number of pyridine rings is 1. The molecule has 1 aromatic carbocycles. The van der Waals surface area contributed by atoms with E-state index in [2.05, 4.69) is 11.1 Å². The van der Waals surface area contributed by atoms with Crippen LogP contribution in [0.15, 0.2) is 54.7 Å². The van der Waals surface area contributed by atoms with Crippen molar-refractivity contribution in [2.75, 3.05) is 0 Å². The number of benzene rings is 1. The smallest absolute Gasteiger partial charge is 0.132 e. The van der Waals surface area contributed by atoms with E-state index >= 15 is 0 Å². The highest BCUT2D eigenvalue weighted by molar-refractivity contribution is 5.79. The third-order valence-corrected chi connectivity index (χ3v) is 3.07. The summed E-state index contributed by atoms with van der Waals surface area (Å²) in [6.45, 7) is 1.50. The van der Waals surface area contributed by atoms with Gasteiger partial charge in [0.25, 0.3) is 0 Å². The van der Waals surface area contributed by atoms with Crippen molar-refractivity contribution in [3.8, 4) is 6.07 Å². The predicted octanol–water partition coefficient (Wildman–Crippen LogP) is 2.87. The number of carbonyl (C=O) groups excluding carboxylic acids is 1. The summed E-state index contributed by atoms with van der Waals surface area (Å²) >= 11 is 0. The zero-order chi connectivity index (χ0) is 13.7. The van der Waals surface area contributed by atoms with E-state index in [1.807, 2.05) is 36.4 Å². The van der Waals surface area contributed by atoms with Crippen LogP contribution < -0.4 is 0 Å². The maximum absolute atomic E-state index is 11.6. The fraction of sp³-hybridized carbons (Fsp3) is 0.188. The summed E-state index contributed by atoms with van der Waals surface area (Å²) in [7, 11) is 0. The molecule has 1 heterocycles. The van der Waals surface area contributed by atoms with E-state index in [1.54, 1.807) is 18.3 Å². The Morgan fingerprint density at radius 3 is 2.42 bits per heavy atom. The van der Waals surface area contributed by atoms with Crippen molar-refractivity contribution < 1.29 is 4.79 Å². The van der Waals surface area contributed by atoms with E-state index in [4.69, 9.17) is 0 Å². The Morgan fingerprint density at radius 2 is 1.89 bits per heavy atom. The van der Waals surface area contributed by atoms with Gasteiger partial charge in [-0.1, -0.05) is 36.4 Å². The monoisotopic (exact) mass is 250 g/mol. The summed E-state index contributed by atoms with van der Waals surface area (Å²) in [5.74, 6) is -0.0314. The third kappa shape index (κ3) is 2.53. The Hall–Kier alpha value is -2.47. The zero-order valence-corrected chi connectivity index (χ0v) is 10.7. The van der Waals surface area contributed by atoms with Gasteiger partial charge in [-0.05, 0) is 24.6 Å². The zero-order valence-electron chi connectivity index (χ0n) is 10.7. The molecule has 1 aromatic heterocycles. The van der Waals surface area contributed by atoms with Gasteiger partial charge in [0.1, 0.15) is 11.2 Å². The molecule has 0 spiro atoms. The Kier molecular flexibility index (Phi) is 3.72. The maximum Gasteiger partial charge on any atom is 0.132 e. The first-order valence-electron chi connectivity index (χ1n) is 6.07. The van der Waals surface area contributed by atoms with Gasteiger partial charge < -0.3 is 0 Å². The number of carbonyl (C=O) groups is 1. The topological polar surface area (TPSA) is 53.8 Å². The van der Waals surface area contributed by atoms with Crippen molar-refractivity contribution in [3.63, 3.8) is 0 Å². The number of ketones is 1. The lowest BCUT2D eigenvalue weighted by atomic mass is 9.75. The second kappa shape index (κ2) is 5.45. The highest BCUT2D eigenvalue weighted by Gasteiger charge is 2.37. The number of aromatic nitrogens is 1. The minimum absolute atomic E-state index is 0.0314. The molecule has 0 aliphatic rings. The van der Waals surface area contributed by atoms with E-state index in [0.29, 0.717) is 5.69 Å². The van der Waals surface area contributed by atoms with Gasteiger partial charge in [0.05, 0.1) is 11.8 Å². The van der Waals surface area contributed by atoms with Gasteiger partial charge in [-0.2, -0.15) is 5.26 Å². The van der Waals surface area contributed by atoms with Crippen LogP contribution in [0.3, 0.4) is 0 Å². The van der Waals surface area contributed by atoms with Crippen LogP contribution in [0.25, 0.3) is 0 Å².